The van der Waals surface area contributed by atoms with Crippen LogP contribution in [-0.2, 0) is 19.2 Å². The summed E-state index contributed by atoms with van der Waals surface area (Å²) < 4.78 is 26.8. The van der Waals surface area contributed by atoms with Gasteiger partial charge in [0.25, 0.3) is 0 Å². The highest BCUT2D eigenvalue weighted by atomic mass is 16.5. The summed E-state index contributed by atoms with van der Waals surface area (Å²) in [7, 11) is 0. The first kappa shape index (κ1) is 63.1. The van der Waals surface area contributed by atoms with Gasteiger partial charge in [-0.15, -0.1) is 0 Å². The van der Waals surface area contributed by atoms with E-state index in [4.69, 9.17) is 39.4 Å². The van der Waals surface area contributed by atoms with E-state index >= 15 is 0 Å². The molecule has 0 aliphatic heterocycles. The van der Waals surface area contributed by atoms with Crippen molar-refractivity contribution < 1.29 is 58.6 Å². The number of aliphatic carboxylic acids is 4. The Labute approximate surface area is 475 Å². The fraction of sp³-hybridized carbons (Fsp3) is 0.588. The van der Waals surface area contributed by atoms with Crippen molar-refractivity contribution in [2.24, 2.45) is 0 Å². The molecule has 0 unspecified atom stereocenters. The molecule has 0 radical (unpaired) electrons. The van der Waals surface area contributed by atoms with Gasteiger partial charge < -0.3 is 39.4 Å². The van der Waals surface area contributed by atoms with Crippen molar-refractivity contribution in [3.8, 4) is 23.0 Å². The molecule has 6 rings (SSSR count). The van der Waals surface area contributed by atoms with Gasteiger partial charge in [-0.1, -0.05) is 190 Å². The molecule has 0 amide bonds. The second-order valence-corrected chi connectivity index (χ2v) is 22.4. The zero-order valence-corrected chi connectivity index (χ0v) is 48.1. The van der Waals surface area contributed by atoms with Gasteiger partial charge in [0.15, 0.2) is 23.0 Å². The van der Waals surface area contributed by atoms with Crippen molar-refractivity contribution in [2.45, 2.75) is 231 Å². The highest BCUT2D eigenvalue weighted by Crippen LogP contribution is 2.49. The zero-order chi connectivity index (χ0) is 56.6. The van der Waals surface area contributed by atoms with Crippen LogP contribution in [0.1, 0.15) is 231 Å². The van der Waals surface area contributed by atoms with Crippen LogP contribution in [0.2, 0.25) is 0 Å². The van der Waals surface area contributed by atoms with Gasteiger partial charge in [-0.25, -0.2) is 0 Å². The average molecular weight is 1100 g/mol. The van der Waals surface area contributed by atoms with Gasteiger partial charge >= 0.3 is 23.9 Å². The van der Waals surface area contributed by atoms with Crippen molar-refractivity contribution in [3.05, 3.63) is 60.7 Å². The van der Waals surface area contributed by atoms with Crippen LogP contribution < -0.4 is 18.9 Å². The van der Waals surface area contributed by atoms with Crippen LogP contribution >= 0.6 is 0 Å². The highest BCUT2D eigenvalue weighted by Gasteiger charge is 2.21. The number of fused-ring (bicyclic) bond motifs is 6. The van der Waals surface area contributed by atoms with Crippen molar-refractivity contribution in [1.29, 1.82) is 0 Å². The summed E-state index contributed by atoms with van der Waals surface area (Å²) >= 11 is 0. The SMILES string of the molecule is O=C(O)CCCCCCCCCCOc1cc2c(cc1OCCCCCCCCCCC(=O)O)c1cccc3c4cc(OCCCCCCCCCCC(=O)O)c(OCCCCCCCCCCC(=O)O)cc4c4cccc2c4c13. The number of hydrogen-bond acceptors (Lipinski definition) is 8. The summed E-state index contributed by atoms with van der Waals surface area (Å²) in [5.74, 6) is 0.182. The third-order valence-electron chi connectivity index (χ3n) is 15.9. The number of benzene rings is 6. The summed E-state index contributed by atoms with van der Waals surface area (Å²) in [5.41, 5.74) is 0. The normalized spacial score (nSPS) is 11.7. The predicted octanol–water partition coefficient (Wildman–Crippen LogP) is 18.8. The van der Waals surface area contributed by atoms with Gasteiger partial charge in [-0.05, 0) is 129 Å². The lowest BCUT2D eigenvalue weighted by molar-refractivity contribution is -0.138. The van der Waals surface area contributed by atoms with E-state index in [9.17, 15) is 19.2 Å². The Morgan fingerprint density at radius 2 is 0.425 bits per heavy atom. The topological polar surface area (TPSA) is 186 Å². The molecular weight excluding hydrogens is 1010 g/mol. The molecule has 0 fully saturated rings. The molecule has 0 aromatic heterocycles. The number of carboxylic acids is 4. The molecule has 0 spiro atoms. The summed E-state index contributed by atoms with van der Waals surface area (Å²) in [4.78, 5) is 43.5. The summed E-state index contributed by atoms with van der Waals surface area (Å²) in [6.45, 7) is 2.34. The number of unbranched alkanes of at least 4 members (excludes halogenated alkanes) is 28. The van der Waals surface area contributed by atoms with Gasteiger partial charge in [-0.3, -0.25) is 19.2 Å². The van der Waals surface area contributed by atoms with Crippen LogP contribution in [0.25, 0.3) is 53.9 Å². The summed E-state index contributed by atoms with van der Waals surface area (Å²) in [6.07, 6.45) is 33.7. The van der Waals surface area contributed by atoms with Crippen molar-refractivity contribution in [1.82, 2.24) is 0 Å². The van der Waals surface area contributed by atoms with Crippen LogP contribution in [0, 0.1) is 0 Å². The number of carbonyl (C=O) groups is 4. The van der Waals surface area contributed by atoms with Crippen molar-refractivity contribution in [2.75, 3.05) is 26.4 Å². The molecule has 4 N–H and O–H groups in total. The first-order chi connectivity index (χ1) is 39.1. The molecule has 0 aliphatic rings. The summed E-state index contributed by atoms with van der Waals surface area (Å²) in [6, 6.07) is 22.1. The van der Waals surface area contributed by atoms with E-state index in [1.54, 1.807) is 0 Å². The number of rotatable bonds is 48. The molecule has 6 aromatic rings. The molecule has 0 heterocycles. The van der Waals surface area contributed by atoms with E-state index in [-0.39, 0.29) is 25.7 Å². The molecule has 0 atom stereocenters. The minimum atomic E-state index is -0.717. The van der Waals surface area contributed by atoms with Crippen molar-refractivity contribution >= 4 is 77.7 Å². The standard InChI is InChI=1S/C68H94O12/c69-63(70)39-25-17-9-1-5-13-21-29-43-77-59-47-55-51-35-33-37-53-57-49-61(79-45-31-23-15-7-3-11-19-27-41-65(73)74)62(80-46-32-24-16-8-4-12-20-28-42-66(75)76)50-58(57)54-38-34-36-52(68(54)67(51)53)56(55)48-60(59)78-44-30-22-14-6-2-10-18-26-40-64(71)72/h33-38,47-50H,1-32,39-46H2,(H,69,70)(H,71,72)(H,73,74)(H,75,76). The molecule has 12 nitrogen and oxygen atoms in total. The van der Waals surface area contributed by atoms with Crippen LogP contribution in [0.3, 0.4) is 0 Å². The summed E-state index contributed by atoms with van der Waals surface area (Å²) in [5, 5.41) is 47.4. The highest BCUT2D eigenvalue weighted by molar-refractivity contribution is 6.40. The number of ether oxygens (including phenoxy) is 4. The Balaban J connectivity index is 1.22. The maximum atomic E-state index is 10.9. The minimum Gasteiger partial charge on any atom is -0.490 e. The van der Waals surface area contributed by atoms with E-state index < -0.39 is 23.9 Å². The van der Waals surface area contributed by atoms with Gasteiger partial charge in [0.05, 0.1) is 26.4 Å². The molecule has 0 bridgehead atoms. The smallest absolute Gasteiger partial charge is 0.303 e. The van der Waals surface area contributed by atoms with Gasteiger partial charge in [0.2, 0.25) is 0 Å². The fourth-order valence-corrected chi connectivity index (χ4v) is 11.5. The fourth-order valence-electron chi connectivity index (χ4n) is 11.5. The first-order valence-electron chi connectivity index (χ1n) is 31.1. The lowest BCUT2D eigenvalue weighted by Crippen LogP contribution is -2.04. The number of hydrogen-bond donors (Lipinski definition) is 4. The predicted molar refractivity (Wildman–Crippen MR) is 324 cm³/mol. The monoisotopic (exact) mass is 1100 g/mol. The van der Waals surface area contributed by atoms with E-state index in [2.05, 4.69) is 60.7 Å². The first-order valence-corrected chi connectivity index (χ1v) is 31.1. The minimum absolute atomic E-state index is 0.251. The van der Waals surface area contributed by atoms with E-state index in [0.29, 0.717) is 26.4 Å². The molecule has 438 valence electrons. The van der Waals surface area contributed by atoms with Gasteiger partial charge in [-0.2, -0.15) is 0 Å². The van der Waals surface area contributed by atoms with Crippen LogP contribution in [0.4, 0.5) is 0 Å². The van der Waals surface area contributed by atoms with Gasteiger partial charge in [0.1, 0.15) is 0 Å². The Morgan fingerprint density at radius 3 is 0.613 bits per heavy atom. The Kier molecular flexibility index (Phi) is 28.7. The molecule has 6 aromatic carbocycles. The quantitative estimate of drug-likeness (QED) is 0.0161. The van der Waals surface area contributed by atoms with E-state index in [1.807, 2.05) is 0 Å². The second-order valence-electron chi connectivity index (χ2n) is 22.4. The Hall–Kier alpha value is -6.04. The van der Waals surface area contributed by atoms with Crippen molar-refractivity contribution in [3.63, 3.8) is 0 Å². The molecule has 12 heteroatoms. The molecule has 80 heavy (non-hydrogen) atoms. The van der Waals surface area contributed by atoms with Crippen LogP contribution in [0.15, 0.2) is 60.7 Å². The molecule has 0 saturated heterocycles. The third kappa shape index (κ3) is 21.5. The zero-order valence-electron chi connectivity index (χ0n) is 48.1. The van der Waals surface area contributed by atoms with Gasteiger partial charge in [0, 0.05) is 25.7 Å². The van der Waals surface area contributed by atoms with E-state index in [1.165, 1.54) is 10.8 Å². The molecule has 0 saturated carbocycles. The van der Waals surface area contributed by atoms with Crippen LogP contribution in [0.5, 0.6) is 23.0 Å². The number of carboxylic acid groups (broad SMARTS) is 4. The van der Waals surface area contributed by atoms with Crippen LogP contribution in [-0.4, -0.2) is 70.7 Å². The molecule has 0 aliphatic carbocycles. The van der Waals surface area contributed by atoms with E-state index in [0.717, 1.165) is 272 Å². The average Bonchev–Trinajstić information content (AvgIpc) is 3.50. The second kappa shape index (κ2) is 36.3. The Morgan fingerprint density at radius 1 is 0.250 bits per heavy atom. The third-order valence-corrected chi connectivity index (χ3v) is 15.9. The lowest BCUT2D eigenvalue weighted by atomic mass is 9.86. The maximum absolute atomic E-state index is 10.9. The lowest BCUT2D eigenvalue weighted by Gasteiger charge is -2.21. The largest absolute Gasteiger partial charge is 0.490 e. The maximum Gasteiger partial charge on any atom is 0.303 e. The molecular formula is C68H94O12. The Bertz CT molecular complexity index is 2430.